The Morgan fingerprint density at radius 2 is 2.00 bits per heavy atom. The minimum Gasteiger partial charge on any atom is -0.366 e. The fourth-order valence-corrected chi connectivity index (χ4v) is 2.60. The number of anilines is 1. The van der Waals surface area contributed by atoms with Crippen molar-refractivity contribution in [3.8, 4) is 0 Å². The normalized spacial score (nSPS) is 10.5. The molecule has 1 N–H and O–H groups in total. The number of aryl methyl sites for hydroxylation is 1. The molecule has 1 heterocycles. The van der Waals surface area contributed by atoms with Crippen LogP contribution in [-0.2, 0) is 13.0 Å². The maximum atomic E-state index is 4.50. The lowest BCUT2D eigenvalue weighted by molar-refractivity contribution is 0.828. The van der Waals surface area contributed by atoms with E-state index in [4.69, 9.17) is 0 Å². The van der Waals surface area contributed by atoms with E-state index in [1.807, 2.05) is 18.2 Å². The zero-order chi connectivity index (χ0) is 13.7. The third-order valence-electron chi connectivity index (χ3n) is 2.58. The Labute approximate surface area is 130 Å². The highest BCUT2D eigenvalue weighted by Gasteiger charge is 2.02. The van der Waals surface area contributed by atoms with Crippen LogP contribution in [0.2, 0.25) is 0 Å². The van der Waals surface area contributed by atoms with E-state index in [2.05, 4.69) is 66.2 Å². The van der Waals surface area contributed by atoms with Crippen molar-refractivity contribution in [3.05, 3.63) is 50.8 Å². The van der Waals surface area contributed by atoms with Crippen molar-refractivity contribution in [2.24, 2.45) is 0 Å². The average molecular weight is 385 g/mol. The van der Waals surface area contributed by atoms with E-state index in [1.54, 1.807) is 0 Å². The Morgan fingerprint density at radius 3 is 2.74 bits per heavy atom. The summed E-state index contributed by atoms with van der Waals surface area (Å²) in [5.41, 5.74) is 1.21. The van der Waals surface area contributed by atoms with Gasteiger partial charge in [-0.15, -0.1) is 0 Å². The minimum atomic E-state index is 0.745. The lowest BCUT2D eigenvalue weighted by atomic mass is 10.2. The summed E-state index contributed by atoms with van der Waals surface area (Å²) in [5.74, 6) is 1.72. The van der Waals surface area contributed by atoms with Crippen LogP contribution in [0.5, 0.6) is 0 Å². The van der Waals surface area contributed by atoms with Crippen molar-refractivity contribution in [3.63, 3.8) is 0 Å². The van der Waals surface area contributed by atoms with Gasteiger partial charge in [-0.3, -0.25) is 0 Å². The maximum absolute atomic E-state index is 4.50. The van der Waals surface area contributed by atoms with Crippen molar-refractivity contribution >= 4 is 37.7 Å². The first kappa shape index (κ1) is 14.5. The molecule has 0 aliphatic heterocycles. The smallest absolute Gasteiger partial charge is 0.132 e. The van der Waals surface area contributed by atoms with Gasteiger partial charge in [0.25, 0.3) is 0 Å². The van der Waals surface area contributed by atoms with Crippen molar-refractivity contribution in [2.75, 3.05) is 5.32 Å². The van der Waals surface area contributed by atoms with Crippen LogP contribution in [0.4, 0.5) is 5.82 Å². The van der Waals surface area contributed by atoms with Crippen LogP contribution >= 0.6 is 31.9 Å². The van der Waals surface area contributed by atoms with E-state index in [0.29, 0.717) is 0 Å². The number of rotatable bonds is 5. The van der Waals surface area contributed by atoms with E-state index >= 15 is 0 Å². The SMILES string of the molecule is CCCc1nc(Br)cc(NCc2cccc(Br)c2)n1. The van der Waals surface area contributed by atoms with Crippen LogP contribution in [-0.4, -0.2) is 9.97 Å². The Balaban J connectivity index is 2.06. The van der Waals surface area contributed by atoms with Gasteiger partial charge in [0.1, 0.15) is 16.2 Å². The molecule has 3 nitrogen and oxygen atoms in total. The van der Waals surface area contributed by atoms with Crippen molar-refractivity contribution < 1.29 is 0 Å². The van der Waals surface area contributed by atoms with Gasteiger partial charge in [0.15, 0.2) is 0 Å². The molecule has 2 aromatic rings. The largest absolute Gasteiger partial charge is 0.366 e. The molecule has 1 aromatic carbocycles. The zero-order valence-corrected chi connectivity index (χ0v) is 13.8. The van der Waals surface area contributed by atoms with E-state index in [-0.39, 0.29) is 0 Å². The highest BCUT2D eigenvalue weighted by molar-refractivity contribution is 9.10. The number of nitrogens with zero attached hydrogens (tertiary/aromatic N) is 2. The number of hydrogen-bond donors (Lipinski definition) is 1. The summed E-state index contributed by atoms with van der Waals surface area (Å²) < 4.78 is 1.91. The summed E-state index contributed by atoms with van der Waals surface area (Å²) in [6, 6.07) is 10.1. The molecule has 5 heteroatoms. The molecule has 0 aliphatic carbocycles. The quantitative estimate of drug-likeness (QED) is 0.767. The van der Waals surface area contributed by atoms with Gasteiger partial charge in [-0.05, 0) is 40.0 Å². The summed E-state index contributed by atoms with van der Waals surface area (Å²) in [6.07, 6.45) is 1.94. The number of aromatic nitrogens is 2. The third kappa shape index (κ3) is 4.58. The molecular weight excluding hydrogens is 370 g/mol. The van der Waals surface area contributed by atoms with Crippen LogP contribution in [0, 0.1) is 0 Å². The van der Waals surface area contributed by atoms with Crippen LogP contribution in [0.15, 0.2) is 39.4 Å². The molecule has 0 amide bonds. The molecule has 0 radical (unpaired) electrons. The van der Waals surface area contributed by atoms with Gasteiger partial charge in [-0.2, -0.15) is 0 Å². The highest BCUT2D eigenvalue weighted by Crippen LogP contribution is 2.16. The second-order valence-corrected chi connectivity index (χ2v) is 5.95. The first-order valence-electron chi connectivity index (χ1n) is 6.19. The molecule has 0 saturated carbocycles. The summed E-state index contributed by atoms with van der Waals surface area (Å²) in [5, 5.41) is 3.33. The molecule has 1 aromatic heterocycles. The summed E-state index contributed by atoms with van der Waals surface area (Å²) in [7, 11) is 0. The molecule has 100 valence electrons. The van der Waals surface area contributed by atoms with E-state index in [9.17, 15) is 0 Å². The monoisotopic (exact) mass is 383 g/mol. The first-order valence-corrected chi connectivity index (χ1v) is 7.77. The fourth-order valence-electron chi connectivity index (χ4n) is 1.73. The molecule has 0 atom stereocenters. The summed E-state index contributed by atoms with van der Waals surface area (Å²) in [4.78, 5) is 8.85. The summed E-state index contributed by atoms with van der Waals surface area (Å²) >= 11 is 6.89. The molecule has 2 rings (SSSR count). The third-order valence-corrected chi connectivity index (χ3v) is 3.48. The van der Waals surface area contributed by atoms with E-state index < -0.39 is 0 Å². The van der Waals surface area contributed by atoms with Crippen LogP contribution in [0.3, 0.4) is 0 Å². The fraction of sp³-hybridized carbons (Fsp3) is 0.286. The van der Waals surface area contributed by atoms with Crippen LogP contribution < -0.4 is 5.32 Å². The maximum Gasteiger partial charge on any atom is 0.132 e. The van der Waals surface area contributed by atoms with Gasteiger partial charge in [-0.1, -0.05) is 35.0 Å². The summed E-state index contributed by atoms with van der Waals surface area (Å²) in [6.45, 7) is 2.87. The minimum absolute atomic E-state index is 0.745. The van der Waals surface area contributed by atoms with Gasteiger partial charge in [-0.25, -0.2) is 9.97 Å². The molecule has 0 spiro atoms. The van der Waals surface area contributed by atoms with Gasteiger partial charge in [0.05, 0.1) is 0 Å². The van der Waals surface area contributed by atoms with E-state index in [0.717, 1.165) is 40.1 Å². The van der Waals surface area contributed by atoms with Gasteiger partial charge < -0.3 is 5.32 Å². The van der Waals surface area contributed by atoms with Crippen LogP contribution in [0.25, 0.3) is 0 Å². The molecular formula is C14H15Br2N3. The van der Waals surface area contributed by atoms with Crippen molar-refractivity contribution in [2.45, 2.75) is 26.3 Å². The lowest BCUT2D eigenvalue weighted by Gasteiger charge is -2.08. The second-order valence-electron chi connectivity index (χ2n) is 4.23. The number of hydrogen-bond acceptors (Lipinski definition) is 3. The Kier molecular flexibility index (Phi) is 5.34. The Morgan fingerprint density at radius 1 is 1.16 bits per heavy atom. The van der Waals surface area contributed by atoms with Gasteiger partial charge >= 0.3 is 0 Å². The molecule has 0 fully saturated rings. The standard InChI is InChI=1S/C14H15Br2N3/c1-2-4-13-18-12(16)8-14(19-13)17-9-10-5-3-6-11(15)7-10/h3,5-8H,2,4,9H2,1H3,(H,17,18,19). The molecule has 0 aliphatic rings. The topological polar surface area (TPSA) is 37.8 Å². The number of nitrogens with one attached hydrogen (secondary N) is 1. The van der Waals surface area contributed by atoms with Gasteiger partial charge in [0, 0.05) is 23.5 Å². The Bertz CT molecular complexity index is 558. The predicted octanol–water partition coefficient (Wildman–Crippen LogP) is 4.57. The zero-order valence-electron chi connectivity index (χ0n) is 10.7. The van der Waals surface area contributed by atoms with E-state index in [1.165, 1.54) is 5.56 Å². The molecule has 0 unspecified atom stereocenters. The predicted molar refractivity (Wildman–Crippen MR) is 85.2 cm³/mol. The molecule has 0 bridgehead atoms. The number of benzene rings is 1. The lowest BCUT2D eigenvalue weighted by Crippen LogP contribution is -2.04. The highest BCUT2D eigenvalue weighted by atomic mass is 79.9. The first-order chi connectivity index (χ1) is 9.17. The molecule has 0 saturated heterocycles. The average Bonchev–Trinajstić information content (AvgIpc) is 2.36. The Hall–Kier alpha value is -0.940. The van der Waals surface area contributed by atoms with Crippen LogP contribution in [0.1, 0.15) is 24.7 Å². The number of halogens is 2. The molecule has 19 heavy (non-hydrogen) atoms. The van der Waals surface area contributed by atoms with Crippen molar-refractivity contribution in [1.29, 1.82) is 0 Å². The van der Waals surface area contributed by atoms with Gasteiger partial charge in [0.2, 0.25) is 0 Å². The van der Waals surface area contributed by atoms with Crippen molar-refractivity contribution in [1.82, 2.24) is 9.97 Å². The second kappa shape index (κ2) is 7.01.